The number of imidazole rings is 1. The number of hydrogen-bond acceptors (Lipinski definition) is 5. The molecule has 1 aliphatic rings. The predicted molar refractivity (Wildman–Crippen MR) is 87.2 cm³/mol. The minimum atomic E-state index is -0.0585. The Balaban J connectivity index is 1.47. The van der Waals surface area contributed by atoms with Gasteiger partial charge < -0.3 is 14.8 Å². The van der Waals surface area contributed by atoms with E-state index in [2.05, 4.69) is 25.4 Å². The first-order valence-electron chi connectivity index (χ1n) is 7.93. The fraction of sp³-hybridized carbons (Fsp3) is 0.500. The topological polar surface area (TPSA) is 75.9 Å². The van der Waals surface area contributed by atoms with Crippen molar-refractivity contribution < 1.29 is 4.79 Å². The van der Waals surface area contributed by atoms with Crippen LogP contribution in [-0.4, -0.2) is 45.3 Å². The summed E-state index contributed by atoms with van der Waals surface area (Å²) in [5, 5.41) is 11.4. The van der Waals surface area contributed by atoms with Gasteiger partial charge in [0.15, 0.2) is 5.82 Å². The van der Waals surface area contributed by atoms with Crippen molar-refractivity contribution in [3.05, 3.63) is 36.0 Å². The zero-order valence-corrected chi connectivity index (χ0v) is 13.6. The lowest BCUT2D eigenvalue weighted by Crippen LogP contribution is -2.39. The minimum absolute atomic E-state index is 0.0585. The van der Waals surface area contributed by atoms with Gasteiger partial charge in [-0.15, -0.1) is 5.10 Å². The summed E-state index contributed by atoms with van der Waals surface area (Å²) in [4.78, 5) is 18.3. The van der Waals surface area contributed by atoms with Crippen molar-refractivity contribution in [1.29, 1.82) is 0 Å². The predicted octanol–water partition coefficient (Wildman–Crippen LogP) is 1.16. The summed E-state index contributed by atoms with van der Waals surface area (Å²) >= 11 is 0. The zero-order chi connectivity index (χ0) is 16.2. The lowest BCUT2D eigenvalue weighted by atomic mass is 9.97. The summed E-state index contributed by atoms with van der Waals surface area (Å²) < 4.78 is 1.73. The summed E-state index contributed by atoms with van der Waals surface area (Å²) in [5.41, 5.74) is 1.53. The molecule has 23 heavy (non-hydrogen) atoms. The molecule has 2 aromatic rings. The van der Waals surface area contributed by atoms with Crippen LogP contribution >= 0.6 is 0 Å². The first-order chi connectivity index (χ1) is 11.1. The number of amides is 1. The molecule has 0 aromatic carbocycles. The Morgan fingerprint density at radius 2 is 2.09 bits per heavy atom. The number of piperidine rings is 1. The molecule has 7 nitrogen and oxygen atoms in total. The Labute approximate surface area is 135 Å². The number of rotatable bonds is 4. The van der Waals surface area contributed by atoms with E-state index >= 15 is 0 Å². The zero-order valence-electron chi connectivity index (χ0n) is 13.6. The van der Waals surface area contributed by atoms with Crippen LogP contribution in [0.1, 0.15) is 29.0 Å². The van der Waals surface area contributed by atoms with Crippen LogP contribution in [0.3, 0.4) is 0 Å². The standard InChI is InChI=1S/C16H22N6O/c1-12-3-4-15(20-19-12)22-7-5-13(6-8-22)9-18-16(23)14-10-17-11-21(14)2/h3-4,10-11,13H,5-9H2,1-2H3,(H,18,23). The number of nitrogens with one attached hydrogen (secondary N) is 1. The molecule has 0 radical (unpaired) electrons. The van der Waals surface area contributed by atoms with E-state index < -0.39 is 0 Å². The molecule has 0 bridgehead atoms. The van der Waals surface area contributed by atoms with Gasteiger partial charge in [0, 0.05) is 26.7 Å². The van der Waals surface area contributed by atoms with Gasteiger partial charge in [-0.1, -0.05) is 0 Å². The molecule has 0 spiro atoms. The Kier molecular flexibility index (Phi) is 4.55. The number of aryl methyl sites for hydroxylation is 2. The Morgan fingerprint density at radius 1 is 1.30 bits per heavy atom. The van der Waals surface area contributed by atoms with Crippen molar-refractivity contribution in [3.8, 4) is 0 Å². The maximum Gasteiger partial charge on any atom is 0.269 e. The minimum Gasteiger partial charge on any atom is -0.355 e. The largest absolute Gasteiger partial charge is 0.355 e. The molecular formula is C16H22N6O. The average Bonchev–Trinajstić information content (AvgIpc) is 3.00. The third-order valence-corrected chi connectivity index (χ3v) is 4.32. The van der Waals surface area contributed by atoms with Gasteiger partial charge in [0.05, 0.1) is 18.2 Å². The Hall–Kier alpha value is -2.44. The monoisotopic (exact) mass is 314 g/mol. The molecule has 1 saturated heterocycles. The van der Waals surface area contributed by atoms with Crippen molar-refractivity contribution in [3.63, 3.8) is 0 Å². The molecule has 1 aliphatic heterocycles. The molecule has 1 N–H and O–H groups in total. The van der Waals surface area contributed by atoms with E-state index in [4.69, 9.17) is 0 Å². The highest BCUT2D eigenvalue weighted by atomic mass is 16.1. The van der Waals surface area contributed by atoms with Gasteiger partial charge in [0.1, 0.15) is 5.69 Å². The van der Waals surface area contributed by atoms with Crippen LogP contribution in [0.2, 0.25) is 0 Å². The molecule has 0 unspecified atom stereocenters. The highest BCUT2D eigenvalue weighted by Gasteiger charge is 2.21. The van der Waals surface area contributed by atoms with E-state index in [-0.39, 0.29) is 5.91 Å². The molecule has 122 valence electrons. The van der Waals surface area contributed by atoms with Crippen molar-refractivity contribution in [1.82, 2.24) is 25.1 Å². The number of carbonyl (C=O) groups is 1. The Morgan fingerprint density at radius 3 is 2.70 bits per heavy atom. The lowest BCUT2D eigenvalue weighted by Gasteiger charge is -2.32. The van der Waals surface area contributed by atoms with Gasteiger partial charge in [-0.05, 0) is 37.8 Å². The lowest BCUT2D eigenvalue weighted by molar-refractivity contribution is 0.0936. The highest BCUT2D eigenvalue weighted by Crippen LogP contribution is 2.21. The molecule has 0 saturated carbocycles. The smallest absolute Gasteiger partial charge is 0.269 e. The van der Waals surface area contributed by atoms with Gasteiger partial charge in [-0.2, -0.15) is 5.10 Å². The number of nitrogens with zero attached hydrogens (tertiary/aromatic N) is 5. The van der Waals surface area contributed by atoms with Crippen molar-refractivity contribution in [2.75, 3.05) is 24.5 Å². The van der Waals surface area contributed by atoms with Crippen LogP contribution in [-0.2, 0) is 7.05 Å². The van der Waals surface area contributed by atoms with Gasteiger partial charge in [0.2, 0.25) is 0 Å². The average molecular weight is 314 g/mol. The SMILES string of the molecule is Cc1ccc(N2CCC(CNC(=O)c3cncn3C)CC2)nn1. The van der Waals surface area contributed by atoms with Gasteiger partial charge in [-0.25, -0.2) is 4.98 Å². The second kappa shape index (κ2) is 6.76. The maximum absolute atomic E-state index is 12.1. The van der Waals surface area contributed by atoms with E-state index in [0.29, 0.717) is 18.2 Å². The fourth-order valence-corrected chi connectivity index (χ4v) is 2.83. The van der Waals surface area contributed by atoms with Crippen molar-refractivity contribution in [2.24, 2.45) is 13.0 Å². The van der Waals surface area contributed by atoms with Crippen LogP contribution in [0.4, 0.5) is 5.82 Å². The van der Waals surface area contributed by atoms with Crippen LogP contribution in [0.25, 0.3) is 0 Å². The number of hydrogen-bond donors (Lipinski definition) is 1. The first-order valence-corrected chi connectivity index (χ1v) is 7.93. The van der Waals surface area contributed by atoms with E-state index in [1.54, 1.807) is 17.1 Å². The van der Waals surface area contributed by atoms with Crippen molar-refractivity contribution >= 4 is 11.7 Å². The van der Waals surface area contributed by atoms with E-state index in [9.17, 15) is 4.79 Å². The summed E-state index contributed by atoms with van der Waals surface area (Å²) in [6.45, 7) is 4.54. The number of carbonyl (C=O) groups excluding carboxylic acids is 1. The molecule has 3 rings (SSSR count). The maximum atomic E-state index is 12.1. The second-order valence-electron chi connectivity index (χ2n) is 6.06. The third-order valence-electron chi connectivity index (χ3n) is 4.32. The van der Waals surface area contributed by atoms with Crippen LogP contribution in [0, 0.1) is 12.8 Å². The summed E-state index contributed by atoms with van der Waals surface area (Å²) in [7, 11) is 1.82. The molecule has 0 atom stereocenters. The van der Waals surface area contributed by atoms with E-state index in [1.807, 2.05) is 26.1 Å². The van der Waals surface area contributed by atoms with Crippen LogP contribution in [0.15, 0.2) is 24.7 Å². The molecule has 1 amide bonds. The number of aromatic nitrogens is 4. The summed E-state index contributed by atoms with van der Waals surface area (Å²) in [6, 6.07) is 4.01. The summed E-state index contributed by atoms with van der Waals surface area (Å²) in [5.74, 6) is 1.38. The van der Waals surface area contributed by atoms with E-state index in [1.165, 1.54) is 0 Å². The van der Waals surface area contributed by atoms with E-state index in [0.717, 1.165) is 37.4 Å². The fourth-order valence-electron chi connectivity index (χ4n) is 2.83. The molecular weight excluding hydrogens is 292 g/mol. The Bertz CT molecular complexity index is 657. The normalized spacial score (nSPS) is 15.7. The molecule has 0 aliphatic carbocycles. The van der Waals surface area contributed by atoms with Gasteiger partial charge >= 0.3 is 0 Å². The van der Waals surface area contributed by atoms with Crippen molar-refractivity contribution in [2.45, 2.75) is 19.8 Å². The van der Waals surface area contributed by atoms with Crippen LogP contribution < -0.4 is 10.2 Å². The quantitative estimate of drug-likeness (QED) is 0.916. The molecule has 3 heterocycles. The van der Waals surface area contributed by atoms with Gasteiger partial charge in [-0.3, -0.25) is 4.79 Å². The van der Waals surface area contributed by atoms with Crippen LogP contribution in [0.5, 0.6) is 0 Å². The molecule has 7 heteroatoms. The second-order valence-corrected chi connectivity index (χ2v) is 6.06. The molecule has 2 aromatic heterocycles. The van der Waals surface area contributed by atoms with Gasteiger partial charge in [0.25, 0.3) is 5.91 Å². The highest BCUT2D eigenvalue weighted by molar-refractivity contribution is 5.92. The number of anilines is 1. The summed E-state index contributed by atoms with van der Waals surface area (Å²) in [6.07, 6.45) is 5.31. The first kappa shape index (κ1) is 15.5. The third kappa shape index (κ3) is 3.67. The molecule has 1 fully saturated rings.